The van der Waals surface area contributed by atoms with Crippen LogP contribution in [-0.2, 0) is 4.74 Å². The smallest absolute Gasteiger partial charge is 0.0465 e. The molecule has 1 atom stereocenters. The lowest BCUT2D eigenvalue weighted by atomic mass is 10.0. The van der Waals surface area contributed by atoms with Gasteiger partial charge in [0.2, 0.25) is 0 Å². The Morgan fingerprint density at radius 1 is 1.33 bits per heavy atom. The molecule has 12 heavy (non-hydrogen) atoms. The molecule has 0 aromatic heterocycles. The number of ether oxygens (including phenoxy) is 1. The second kappa shape index (κ2) is 9.01. The van der Waals surface area contributed by atoms with Gasteiger partial charge in [-0.2, -0.15) is 0 Å². The Morgan fingerprint density at radius 3 is 2.67 bits per heavy atom. The molecule has 0 aromatic carbocycles. The molecule has 0 saturated heterocycles. The SMILES string of the molecule is CCOCCCC(C)CCNC. The minimum Gasteiger partial charge on any atom is -0.382 e. The molecule has 2 nitrogen and oxygen atoms in total. The molecule has 0 aliphatic rings. The topological polar surface area (TPSA) is 21.3 Å². The molecule has 0 spiro atoms. The number of hydrogen-bond donors (Lipinski definition) is 1. The van der Waals surface area contributed by atoms with Crippen LogP contribution in [0.15, 0.2) is 0 Å². The second-order valence-electron chi connectivity index (χ2n) is 3.34. The molecule has 0 rings (SSSR count). The Labute approximate surface area is 76.7 Å². The molecule has 0 amide bonds. The summed E-state index contributed by atoms with van der Waals surface area (Å²) in [5.41, 5.74) is 0. The van der Waals surface area contributed by atoms with Gasteiger partial charge in [0.15, 0.2) is 0 Å². The normalized spacial score (nSPS) is 13.2. The molecule has 0 aromatic rings. The van der Waals surface area contributed by atoms with Crippen molar-refractivity contribution in [2.45, 2.75) is 33.1 Å². The van der Waals surface area contributed by atoms with Gasteiger partial charge in [-0.25, -0.2) is 0 Å². The minimum atomic E-state index is 0.831. The van der Waals surface area contributed by atoms with Crippen LogP contribution in [0, 0.1) is 5.92 Å². The Bertz CT molecular complexity index is 85.9. The molecule has 0 heterocycles. The zero-order valence-electron chi connectivity index (χ0n) is 8.73. The molecular formula is C10H23NO. The van der Waals surface area contributed by atoms with Crippen molar-refractivity contribution >= 4 is 0 Å². The monoisotopic (exact) mass is 173 g/mol. The van der Waals surface area contributed by atoms with Gasteiger partial charge in [0, 0.05) is 13.2 Å². The summed E-state index contributed by atoms with van der Waals surface area (Å²) in [5.74, 6) is 0.831. The lowest BCUT2D eigenvalue weighted by Gasteiger charge is -2.10. The summed E-state index contributed by atoms with van der Waals surface area (Å²) in [6.45, 7) is 7.27. The summed E-state index contributed by atoms with van der Waals surface area (Å²) >= 11 is 0. The summed E-state index contributed by atoms with van der Waals surface area (Å²) in [7, 11) is 2.01. The highest BCUT2D eigenvalue weighted by Gasteiger charge is 2.00. The molecular weight excluding hydrogens is 150 g/mol. The van der Waals surface area contributed by atoms with Crippen LogP contribution >= 0.6 is 0 Å². The van der Waals surface area contributed by atoms with Crippen molar-refractivity contribution in [1.29, 1.82) is 0 Å². The predicted molar refractivity (Wildman–Crippen MR) is 53.4 cm³/mol. The second-order valence-corrected chi connectivity index (χ2v) is 3.34. The van der Waals surface area contributed by atoms with Crippen molar-refractivity contribution in [3.05, 3.63) is 0 Å². The Balaban J connectivity index is 3.02. The van der Waals surface area contributed by atoms with Gasteiger partial charge < -0.3 is 10.1 Å². The van der Waals surface area contributed by atoms with E-state index in [2.05, 4.69) is 12.2 Å². The maximum Gasteiger partial charge on any atom is 0.0465 e. The first-order chi connectivity index (χ1) is 5.81. The zero-order chi connectivity index (χ0) is 9.23. The highest BCUT2D eigenvalue weighted by molar-refractivity contribution is 4.54. The van der Waals surface area contributed by atoms with Crippen molar-refractivity contribution in [3.63, 3.8) is 0 Å². The van der Waals surface area contributed by atoms with Crippen molar-refractivity contribution in [2.24, 2.45) is 5.92 Å². The molecule has 2 heteroatoms. The molecule has 1 N–H and O–H groups in total. The van der Waals surface area contributed by atoms with Gasteiger partial charge in [0.05, 0.1) is 0 Å². The van der Waals surface area contributed by atoms with E-state index in [4.69, 9.17) is 4.74 Å². The molecule has 0 bridgehead atoms. The molecule has 74 valence electrons. The Kier molecular flexibility index (Phi) is 8.95. The van der Waals surface area contributed by atoms with Crippen molar-refractivity contribution in [1.82, 2.24) is 5.32 Å². The Hall–Kier alpha value is -0.0800. The fourth-order valence-corrected chi connectivity index (χ4v) is 1.21. The molecule has 0 aliphatic carbocycles. The third-order valence-electron chi connectivity index (χ3n) is 2.08. The maximum absolute atomic E-state index is 5.27. The van der Waals surface area contributed by atoms with Crippen molar-refractivity contribution in [2.75, 3.05) is 26.8 Å². The number of rotatable bonds is 8. The van der Waals surface area contributed by atoms with Crippen LogP contribution in [0.2, 0.25) is 0 Å². The summed E-state index contributed by atoms with van der Waals surface area (Å²) in [4.78, 5) is 0. The summed E-state index contributed by atoms with van der Waals surface area (Å²) in [5, 5.41) is 3.17. The van der Waals surface area contributed by atoms with Gasteiger partial charge in [-0.05, 0) is 45.7 Å². The van der Waals surface area contributed by atoms with E-state index in [0.29, 0.717) is 0 Å². The number of nitrogens with one attached hydrogen (secondary N) is 1. The fraction of sp³-hybridized carbons (Fsp3) is 1.00. The van der Waals surface area contributed by atoms with Crippen LogP contribution < -0.4 is 5.32 Å². The van der Waals surface area contributed by atoms with Gasteiger partial charge >= 0.3 is 0 Å². The van der Waals surface area contributed by atoms with Gasteiger partial charge in [-0.3, -0.25) is 0 Å². The van der Waals surface area contributed by atoms with E-state index >= 15 is 0 Å². The van der Waals surface area contributed by atoms with Gasteiger partial charge in [-0.15, -0.1) is 0 Å². The van der Waals surface area contributed by atoms with Crippen LogP contribution in [0.3, 0.4) is 0 Å². The van der Waals surface area contributed by atoms with Crippen molar-refractivity contribution in [3.8, 4) is 0 Å². The molecule has 1 unspecified atom stereocenters. The van der Waals surface area contributed by atoms with E-state index in [1.807, 2.05) is 14.0 Å². The van der Waals surface area contributed by atoms with E-state index in [1.165, 1.54) is 19.3 Å². The lowest BCUT2D eigenvalue weighted by Crippen LogP contribution is -2.11. The van der Waals surface area contributed by atoms with Gasteiger partial charge in [0.1, 0.15) is 0 Å². The number of hydrogen-bond acceptors (Lipinski definition) is 2. The highest BCUT2D eigenvalue weighted by atomic mass is 16.5. The molecule has 0 aliphatic heterocycles. The quantitative estimate of drug-likeness (QED) is 0.567. The molecule has 0 fully saturated rings. The van der Waals surface area contributed by atoms with Crippen LogP contribution in [0.4, 0.5) is 0 Å². The van der Waals surface area contributed by atoms with E-state index in [1.54, 1.807) is 0 Å². The Morgan fingerprint density at radius 2 is 2.08 bits per heavy atom. The van der Waals surface area contributed by atoms with E-state index in [9.17, 15) is 0 Å². The third-order valence-corrected chi connectivity index (χ3v) is 2.08. The first-order valence-electron chi connectivity index (χ1n) is 5.03. The maximum atomic E-state index is 5.27. The average Bonchev–Trinajstić information content (AvgIpc) is 2.09. The zero-order valence-corrected chi connectivity index (χ0v) is 8.73. The standard InChI is InChI=1S/C10H23NO/c1-4-12-9-5-6-10(2)7-8-11-3/h10-11H,4-9H2,1-3H3. The largest absolute Gasteiger partial charge is 0.382 e. The van der Waals surface area contributed by atoms with Crippen LogP contribution in [0.1, 0.15) is 33.1 Å². The fourth-order valence-electron chi connectivity index (χ4n) is 1.21. The first-order valence-corrected chi connectivity index (χ1v) is 5.03. The third kappa shape index (κ3) is 8.02. The summed E-state index contributed by atoms with van der Waals surface area (Å²) in [6, 6.07) is 0. The highest BCUT2D eigenvalue weighted by Crippen LogP contribution is 2.08. The van der Waals surface area contributed by atoms with E-state index in [-0.39, 0.29) is 0 Å². The van der Waals surface area contributed by atoms with Gasteiger partial charge in [0.25, 0.3) is 0 Å². The summed E-state index contributed by atoms with van der Waals surface area (Å²) in [6.07, 6.45) is 3.78. The molecule has 0 saturated carbocycles. The summed E-state index contributed by atoms with van der Waals surface area (Å²) < 4.78 is 5.27. The van der Waals surface area contributed by atoms with Gasteiger partial charge in [-0.1, -0.05) is 6.92 Å². The first kappa shape index (κ1) is 11.9. The van der Waals surface area contributed by atoms with E-state index in [0.717, 1.165) is 25.7 Å². The van der Waals surface area contributed by atoms with Crippen LogP contribution in [-0.4, -0.2) is 26.8 Å². The van der Waals surface area contributed by atoms with Crippen LogP contribution in [0.25, 0.3) is 0 Å². The van der Waals surface area contributed by atoms with Crippen LogP contribution in [0.5, 0.6) is 0 Å². The van der Waals surface area contributed by atoms with E-state index < -0.39 is 0 Å². The average molecular weight is 173 g/mol. The molecule has 0 radical (unpaired) electrons. The van der Waals surface area contributed by atoms with Crippen molar-refractivity contribution < 1.29 is 4.74 Å². The lowest BCUT2D eigenvalue weighted by molar-refractivity contribution is 0.139. The minimum absolute atomic E-state index is 0.831. The predicted octanol–water partition coefficient (Wildman–Crippen LogP) is 2.05.